The van der Waals surface area contributed by atoms with Gasteiger partial charge in [-0.2, -0.15) is 0 Å². The first-order valence-electron chi connectivity index (χ1n) is 17.3. The number of amides is 7. The summed E-state index contributed by atoms with van der Waals surface area (Å²) in [5.41, 5.74) is 11.7. The van der Waals surface area contributed by atoms with E-state index in [0.29, 0.717) is 12.0 Å². The highest BCUT2D eigenvalue weighted by atomic mass is 16.3. The Kier molecular flexibility index (Phi) is 19.3. The number of carbonyl (C=O) groups excluding carboxylic acids is 7. The summed E-state index contributed by atoms with van der Waals surface area (Å²) in [7, 11) is 0. The van der Waals surface area contributed by atoms with Crippen molar-refractivity contribution in [2.45, 2.75) is 93.8 Å². The first-order valence-corrected chi connectivity index (χ1v) is 17.3. The topological polar surface area (TPSA) is 337 Å². The van der Waals surface area contributed by atoms with Gasteiger partial charge in [0.2, 0.25) is 41.4 Å². The third-order valence-electron chi connectivity index (χ3n) is 8.45. The summed E-state index contributed by atoms with van der Waals surface area (Å²) < 4.78 is 0. The number of hydrogen-bond acceptors (Lipinski definition) is 13. The zero-order valence-electron chi connectivity index (χ0n) is 29.6. The van der Waals surface area contributed by atoms with Gasteiger partial charge in [0.05, 0.1) is 32.0 Å². The van der Waals surface area contributed by atoms with E-state index < -0.39 is 110 Å². The fraction of sp³-hybridized carbons (Fsp3) is 0.606. The minimum atomic E-state index is -1.54. The van der Waals surface area contributed by atoms with E-state index in [1.807, 2.05) is 0 Å². The molecule has 1 fully saturated rings. The predicted octanol–water partition coefficient (Wildman–Crippen LogP) is -6.14. The van der Waals surface area contributed by atoms with Crippen LogP contribution in [0.5, 0.6) is 0 Å². The highest BCUT2D eigenvalue weighted by Crippen LogP contribution is 2.07. The van der Waals surface area contributed by atoms with Crippen LogP contribution in [0.15, 0.2) is 30.3 Å². The number of primary amides is 1. The van der Waals surface area contributed by atoms with Gasteiger partial charge in [0.1, 0.15) is 36.3 Å². The van der Waals surface area contributed by atoms with Crippen molar-refractivity contribution in [1.29, 1.82) is 0 Å². The lowest BCUT2D eigenvalue weighted by molar-refractivity contribution is -0.134. The molecule has 0 spiro atoms. The van der Waals surface area contributed by atoms with Crippen LogP contribution in [0, 0.1) is 0 Å². The average molecular weight is 752 g/mol. The molecular weight excluding hydrogens is 698 g/mol. The second kappa shape index (κ2) is 23.0. The van der Waals surface area contributed by atoms with Crippen molar-refractivity contribution in [3.63, 3.8) is 0 Å². The molecule has 0 bridgehead atoms. The molecular formula is C33H53N9O11. The third-order valence-corrected chi connectivity index (χ3v) is 8.45. The Labute approximate surface area is 306 Å². The molecule has 20 heteroatoms. The van der Waals surface area contributed by atoms with E-state index in [0.717, 1.165) is 0 Å². The van der Waals surface area contributed by atoms with E-state index >= 15 is 0 Å². The van der Waals surface area contributed by atoms with Gasteiger partial charge in [0.25, 0.3) is 0 Å². The summed E-state index contributed by atoms with van der Waals surface area (Å²) in [6.45, 7) is -1.15. The van der Waals surface area contributed by atoms with Crippen LogP contribution >= 0.6 is 0 Å². The Morgan fingerprint density at radius 2 is 1.60 bits per heavy atom. The van der Waals surface area contributed by atoms with E-state index in [2.05, 4.69) is 37.2 Å². The van der Waals surface area contributed by atoms with Gasteiger partial charge in [-0.15, -0.1) is 0 Å². The molecule has 1 aliphatic heterocycles. The molecule has 0 saturated carbocycles. The van der Waals surface area contributed by atoms with Gasteiger partial charge in [0.15, 0.2) is 0 Å². The summed E-state index contributed by atoms with van der Waals surface area (Å²) in [6.07, 6.45) is -0.970. The van der Waals surface area contributed by atoms with Crippen molar-refractivity contribution in [2.24, 2.45) is 11.5 Å². The molecule has 8 atom stereocenters. The lowest BCUT2D eigenvalue weighted by Gasteiger charge is -2.28. The quantitative estimate of drug-likeness (QED) is 0.0894. The number of nitrogens with one attached hydrogen (secondary N) is 7. The summed E-state index contributed by atoms with van der Waals surface area (Å²) in [4.78, 5) is 90.1. The maximum Gasteiger partial charge on any atom is 0.245 e. The largest absolute Gasteiger partial charge is 0.394 e. The zero-order chi connectivity index (χ0) is 39.5. The van der Waals surface area contributed by atoms with Crippen molar-refractivity contribution >= 4 is 41.4 Å². The van der Waals surface area contributed by atoms with Gasteiger partial charge < -0.3 is 69.1 Å². The monoisotopic (exact) mass is 751 g/mol. The molecule has 1 aromatic carbocycles. The van der Waals surface area contributed by atoms with E-state index in [1.54, 1.807) is 30.3 Å². The Morgan fingerprint density at radius 1 is 0.906 bits per heavy atom. The maximum absolute atomic E-state index is 13.5. The molecule has 0 aromatic heterocycles. The molecule has 7 amide bonds. The highest BCUT2D eigenvalue weighted by Gasteiger charge is 2.32. The van der Waals surface area contributed by atoms with Gasteiger partial charge in [0, 0.05) is 25.9 Å². The Hall–Kier alpha value is -4.73. The summed E-state index contributed by atoms with van der Waals surface area (Å²) in [5.74, 6) is -5.59. The Bertz CT molecular complexity index is 1390. The summed E-state index contributed by atoms with van der Waals surface area (Å²) >= 11 is 0. The van der Waals surface area contributed by atoms with Crippen LogP contribution in [0.1, 0.15) is 44.6 Å². The molecule has 53 heavy (non-hydrogen) atoms. The second-order valence-electron chi connectivity index (χ2n) is 12.7. The molecule has 1 saturated heterocycles. The van der Waals surface area contributed by atoms with Crippen molar-refractivity contribution < 1.29 is 54.0 Å². The van der Waals surface area contributed by atoms with Crippen LogP contribution in [0.3, 0.4) is 0 Å². The number of aliphatic hydroxyl groups is 4. The van der Waals surface area contributed by atoms with E-state index in [9.17, 15) is 54.0 Å². The molecule has 0 radical (unpaired) electrons. The summed E-state index contributed by atoms with van der Waals surface area (Å²) in [5, 5.41) is 57.3. The zero-order valence-corrected chi connectivity index (χ0v) is 29.6. The highest BCUT2D eigenvalue weighted by molar-refractivity contribution is 5.95. The molecule has 1 heterocycles. The predicted molar refractivity (Wildman–Crippen MR) is 188 cm³/mol. The van der Waals surface area contributed by atoms with Gasteiger partial charge in [-0.05, 0) is 38.2 Å². The maximum atomic E-state index is 13.5. The SMILES string of the molecule is CC(O)C1CNC(CO)C(=O)NC(C(=O)NC(CO)C(=O)NC(Cc2ccccc2)C(N)=O)CCCCNC(=O)CCC(NC(=O)C(N)CO)C(=O)N1. The average Bonchev–Trinajstić information content (AvgIpc) is 3.13. The lowest BCUT2D eigenvalue weighted by Crippen LogP contribution is -2.60. The van der Waals surface area contributed by atoms with Crippen LogP contribution in [0.2, 0.25) is 0 Å². The number of nitrogens with two attached hydrogens (primary N) is 2. The number of hydrogen-bond donors (Lipinski definition) is 13. The minimum absolute atomic E-state index is 0.00511. The molecule has 15 N–H and O–H groups in total. The molecule has 1 aliphatic rings. The molecule has 296 valence electrons. The Balaban J connectivity index is 2.22. The van der Waals surface area contributed by atoms with Crippen LogP contribution in [0.25, 0.3) is 0 Å². The second-order valence-corrected chi connectivity index (χ2v) is 12.7. The van der Waals surface area contributed by atoms with E-state index in [4.69, 9.17) is 11.5 Å². The molecule has 8 unspecified atom stereocenters. The van der Waals surface area contributed by atoms with Crippen molar-refractivity contribution in [3.05, 3.63) is 35.9 Å². The van der Waals surface area contributed by atoms with Gasteiger partial charge in [-0.1, -0.05) is 30.3 Å². The first kappa shape index (κ1) is 44.4. The van der Waals surface area contributed by atoms with Crippen LogP contribution < -0.4 is 48.7 Å². The number of carbonyl (C=O) groups is 7. The van der Waals surface area contributed by atoms with Crippen molar-refractivity contribution in [2.75, 3.05) is 32.9 Å². The fourth-order valence-corrected chi connectivity index (χ4v) is 5.18. The van der Waals surface area contributed by atoms with Crippen LogP contribution in [-0.2, 0) is 40.0 Å². The van der Waals surface area contributed by atoms with Crippen LogP contribution in [-0.4, -0.2) is 143 Å². The number of benzene rings is 1. The number of rotatable bonds is 13. The molecule has 0 aliphatic carbocycles. The summed E-state index contributed by atoms with van der Waals surface area (Å²) in [6, 6.07) is -0.357. The molecule has 2 rings (SSSR count). The number of aliphatic hydroxyl groups excluding tert-OH is 4. The Morgan fingerprint density at radius 3 is 2.21 bits per heavy atom. The molecule has 1 aromatic rings. The van der Waals surface area contributed by atoms with Gasteiger partial charge in [-0.3, -0.25) is 33.6 Å². The minimum Gasteiger partial charge on any atom is -0.394 e. The normalized spacial score (nSPS) is 23.2. The molecule has 20 nitrogen and oxygen atoms in total. The lowest BCUT2D eigenvalue weighted by atomic mass is 10.0. The van der Waals surface area contributed by atoms with Crippen molar-refractivity contribution in [3.8, 4) is 0 Å². The van der Waals surface area contributed by atoms with Crippen molar-refractivity contribution in [1.82, 2.24) is 37.2 Å². The van der Waals surface area contributed by atoms with Gasteiger partial charge >= 0.3 is 0 Å². The van der Waals surface area contributed by atoms with E-state index in [-0.39, 0.29) is 45.2 Å². The van der Waals surface area contributed by atoms with Gasteiger partial charge in [-0.25, -0.2) is 0 Å². The van der Waals surface area contributed by atoms with Crippen LogP contribution in [0.4, 0.5) is 0 Å². The third kappa shape index (κ3) is 15.4. The first-order chi connectivity index (χ1) is 25.2. The fourth-order valence-electron chi connectivity index (χ4n) is 5.18. The van der Waals surface area contributed by atoms with E-state index in [1.165, 1.54) is 6.92 Å². The smallest absolute Gasteiger partial charge is 0.245 e. The standard InChI is InChI=1S/C33H53N9O11/c1-18(46)24-14-37-25(16-44)32(52)39-21(9-5-6-12-36-27(47)11-10-22(31(51)41-24)38-29(49)20(34)15-43)30(50)42-26(17-45)33(53)40-23(28(35)48)13-19-7-3-2-4-8-19/h2-4,7-8,18,20-26,37,43-46H,5-6,9-17,34H2,1H3,(H2,35,48)(H,36,47)(H,38,49)(H,39,52)(H,40,53)(H,41,51)(H,42,50).